The summed E-state index contributed by atoms with van der Waals surface area (Å²) in [6, 6.07) is 5.55. The molecule has 1 aromatic carbocycles. The van der Waals surface area contributed by atoms with Crippen molar-refractivity contribution in [2.45, 2.75) is 46.6 Å². The van der Waals surface area contributed by atoms with E-state index in [4.69, 9.17) is 0 Å². The van der Waals surface area contributed by atoms with Crippen molar-refractivity contribution in [2.75, 3.05) is 0 Å². The summed E-state index contributed by atoms with van der Waals surface area (Å²) < 4.78 is 0. The number of carbonyl (C=O) groups is 4. The molecule has 4 amide bonds. The van der Waals surface area contributed by atoms with Crippen molar-refractivity contribution in [1.29, 1.82) is 0 Å². The van der Waals surface area contributed by atoms with Crippen LogP contribution in [-0.4, -0.2) is 34.6 Å². The molecule has 0 spiro atoms. The second-order valence-corrected chi connectivity index (χ2v) is 4.49. The summed E-state index contributed by atoms with van der Waals surface area (Å²) in [4.78, 5) is 48.1. The normalized spacial score (nSPS) is 19.1. The number of nitrogens with zero attached hydrogens (tertiary/aromatic N) is 1. The fourth-order valence-electron chi connectivity index (χ4n) is 2.42. The minimum absolute atomic E-state index is 0.129. The van der Waals surface area contributed by atoms with E-state index in [1.807, 2.05) is 27.7 Å². The molecule has 1 saturated heterocycles. The van der Waals surface area contributed by atoms with E-state index in [-0.39, 0.29) is 18.7 Å². The van der Waals surface area contributed by atoms with Crippen LogP contribution in [0.5, 0.6) is 0 Å². The summed E-state index contributed by atoms with van der Waals surface area (Å²) in [6.45, 7) is 8.00. The van der Waals surface area contributed by atoms with Crippen LogP contribution in [-0.2, 0) is 9.59 Å². The molecule has 3 rings (SSSR count). The summed E-state index contributed by atoms with van der Waals surface area (Å²) in [5.74, 6) is -1.92. The third-order valence-corrected chi connectivity index (χ3v) is 3.35. The van der Waals surface area contributed by atoms with E-state index in [1.165, 1.54) is 0 Å². The molecule has 6 heteroatoms. The molecule has 6 nitrogen and oxygen atoms in total. The van der Waals surface area contributed by atoms with Crippen molar-refractivity contribution in [3.05, 3.63) is 35.4 Å². The van der Waals surface area contributed by atoms with E-state index < -0.39 is 23.8 Å². The molecule has 0 aromatic heterocycles. The predicted molar refractivity (Wildman–Crippen MR) is 85.8 cm³/mol. The van der Waals surface area contributed by atoms with Crippen molar-refractivity contribution < 1.29 is 19.2 Å². The van der Waals surface area contributed by atoms with Gasteiger partial charge in [0.05, 0.1) is 11.1 Å². The van der Waals surface area contributed by atoms with Crippen molar-refractivity contribution >= 4 is 23.6 Å². The fourth-order valence-corrected chi connectivity index (χ4v) is 2.42. The van der Waals surface area contributed by atoms with Gasteiger partial charge < -0.3 is 0 Å². The topological polar surface area (TPSA) is 83.6 Å². The maximum Gasteiger partial charge on any atom is 0.262 e. The third-order valence-electron chi connectivity index (χ3n) is 3.35. The number of imide groups is 2. The first-order valence-electron chi connectivity index (χ1n) is 7.90. The van der Waals surface area contributed by atoms with E-state index in [9.17, 15) is 19.2 Å². The Morgan fingerprint density at radius 1 is 0.913 bits per heavy atom. The molecule has 1 fully saturated rings. The zero-order valence-corrected chi connectivity index (χ0v) is 13.9. The maximum atomic E-state index is 12.2. The van der Waals surface area contributed by atoms with E-state index in [1.54, 1.807) is 24.3 Å². The highest BCUT2D eigenvalue weighted by molar-refractivity contribution is 6.23. The van der Waals surface area contributed by atoms with Crippen LogP contribution in [0, 0.1) is 0 Å². The van der Waals surface area contributed by atoms with Gasteiger partial charge in [0.25, 0.3) is 11.8 Å². The Bertz CT molecular complexity index is 590. The van der Waals surface area contributed by atoms with E-state index in [0.717, 1.165) is 4.90 Å². The molecule has 124 valence electrons. The van der Waals surface area contributed by atoms with Crippen molar-refractivity contribution in [3.63, 3.8) is 0 Å². The number of amides is 4. The Morgan fingerprint density at radius 3 is 1.83 bits per heavy atom. The summed E-state index contributed by atoms with van der Waals surface area (Å²) in [6.07, 6.45) is 0.306. The lowest BCUT2D eigenvalue weighted by molar-refractivity contribution is -0.136. The molecule has 1 aromatic rings. The summed E-state index contributed by atoms with van der Waals surface area (Å²) >= 11 is 0. The number of hydrogen-bond acceptors (Lipinski definition) is 4. The van der Waals surface area contributed by atoms with Gasteiger partial charge in [-0.25, -0.2) is 0 Å². The molecule has 23 heavy (non-hydrogen) atoms. The highest BCUT2D eigenvalue weighted by Gasteiger charge is 2.44. The average Bonchev–Trinajstić information content (AvgIpc) is 2.84. The summed E-state index contributed by atoms with van der Waals surface area (Å²) in [7, 11) is 0. The van der Waals surface area contributed by atoms with Crippen molar-refractivity contribution in [1.82, 2.24) is 10.2 Å². The number of fused-ring (bicyclic) bond motifs is 1. The summed E-state index contributed by atoms with van der Waals surface area (Å²) in [5, 5.41) is 2.15. The molecule has 0 saturated carbocycles. The molecule has 0 radical (unpaired) electrons. The van der Waals surface area contributed by atoms with E-state index >= 15 is 0 Å². The monoisotopic (exact) mass is 318 g/mol. The lowest BCUT2D eigenvalue weighted by Gasteiger charge is -2.27. The zero-order chi connectivity index (χ0) is 17.6. The Hall–Kier alpha value is -2.50. The van der Waals surface area contributed by atoms with Gasteiger partial charge >= 0.3 is 0 Å². The summed E-state index contributed by atoms with van der Waals surface area (Å²) in [5.41, 5.74) is 0.606. The van der Waals surface area contributed by atoms with E-state index in [2.05, 4.69) is 5.32 Å². The largest absolute Gasteiger partial charge is 0.295 e. The molecule has 1 N–H and O–H groups in total. The molecule has 2 aliphatic rings. The molecule has 1 atom stereocenters. The van der Waals surface area contributed by atoms with Crippen LogP contribution in [0.1, 0.15) is 61.3 Å². The number of nitrogens with one attached hydrogen (secondary N) is 1. The van der Waals surface area contributed by atoms with Gasteiger partial charge in [-0.05, 0) is 18.6 Å². The van der Waals surface area contributed by atoms with Crippen LogP contribution in [0.4, 0.5) is 0 Å². The number of piperidine rings is 1. The molecular weight excluding hydrogens is 296 g/mol. The lowest BCUT2D eigenvalue weighted by atomic mass is 10.0. The molecule has 0 aliphatic carbocycles. The van der Waals surface area contributed by atoms with Crippen LogP contribution < -0.4 is 5.32 Å². The van der Waals surface area contributed by atoms with Gasteiger partial charge in [0.1, 0.15) is 6.04 Å². The SMILES string of the molecule is CC.CC.O=C1CCC(N2C(=O)c3ccccc3C2=O)C(=O)N1. The van der Waals surface area contributed by atoms with Gasteiger partial charge in [0, 0.05) is 6.42 Å². The van der Waals surface area contributed by atoms with Crippen LogP contribution in [0.2, 0.25) is 0 Å². The second-order valence-electron chi connectivity index (χ2n) is 4.49. The lowest BCUT2D eigenvalue weighted by Crippen LogP contribution is -2.54. The van der Waals surface area contributed by atoms with Crippen molar-refractivity contribution in [2.24, 2.45) is 0 Å². The smallest absolute Gasteiger partial charge is 0.262 e. The quantitative estimate of drug-likeness (QED) is 0.804. The number of rotatable bonds is 1. The maximum absolute atomic E-state index is 12.2. The number of carbonyl (C=O) groups excluding carboxylic acids is 4. The van der Waals surface area contributed by atoms with Gasteiger partial charge in [-0.15, -0.1) is 0 Å². The van der Waals surface area contributed by atoms with Gasteiger partial charge in [-0.1, -0.05) is 39.8 Å². The van der Waals surface area contributed by atoms with Crippen LogP contribution in [0.15, 0.2) is 24.3 Å². The third kappa shape index (κ3) is 3.47. The predicted octanol–water partition coefficient (Wildman–Crippen LogP) is 2.14. The Kier molecular flexibility index (Phi) is 6.63. The van der Waals surface area contributed by atoms with Gasteiger partial charge in [-0.2, -0.15) is 0 Å². The van der Waals surface area contributed by atoms with Gasteiger partial charge in [0.2, 0.25) is 11.8 Å². The molecule has 0 bridgehead atoms. The number of hydrogen-bond donors (Lipinski definition) is 1. The Balaban J connectivity index is 0.000000615. The molecular formula is C17H22N2O4. The van der Waals surface area contributed by atoms with Crippen LogP contribution in [0.3, 0.4) is 0 Å². The van der Waals surface area contributed by atoms with Crippen LogP contribution >= 0.6 is 0 Å². The molecule has 2 aliphatic heterocycles. The highest BCUT2D eigenvalue weighted by Crippen LogP contribution is 2.26. The Morgan fingerprint density at radius 2 is 1.39 bits per heavy atom. The first kappa shape index (κ1) is 18.5. The van der Waals surface area contributed by atoms with Gasteiger partial charge in [0.15, 0.2) is 0 Å². The second kappa shape index (κ2) is 8.22. The van der Waals surface area contributed by atoms with Crippen molar-refractivity contribution in [3.8, 4) is 0 Å². The Labute approximate surface area is 135 Å². The number of benzene rings is 1. The minimum atomic E-state index is -0.898. The first-order chi connectivity index (χ1) is 11.1. The molecule has 1 unspecified atom stereocenters. The van der Waals surface area contributed by atoms with E-state index in [0.29, 0.717) is 11.1 Å². The average molecular weight is 318 g/mol. The first-order valence-corrected chi connectivity index (χ1v) is 7.90. The van der Waals surface area contributed by atoms with Gasteiger partial charge in [-0.3, -0.25) is 29.4 Å². The van der Waals surface area contributed by atoms with Crippen LogP contribution in [0.25, 0.3) is 0 Å². The fraction of sp³-hybridized carbons (Fsp3) is 0.412. The molecule has 2 heterocycles. The zero-order valence-electron chi connectivity index (χ0n) is 13.9. The highest BCUT2D eigenvalue weighted by atomic mass is 16.2. The minimum Gasteiger partial charge on any atom is -0.295 e. The standard InChI is InChI=1S/C13H10N2O4.2C2H6/c16-10-6-5-9(11(17)14-10)15-12(18)7-3-1-2-4-8(7)13(15)19;2*1-2/h1-4,9H,5-6H2,(H,14,16,17);2*1-2H3.